The van der Waals surface area contributed by atoms with Gasteiger partial charge in [0.05, 0.1) is 0 Å². The van der Waals surface area contributed by atoms with Crippen molar-refractivity contribution in [2.24, 2.45) is 0 Å². The predicted octanol–water partition coefficient (Wildman–Crippen LogP) is 3.42. The molecule has 0 unspecified atom stereocenters. The number of ether oxygens (including phenoxy) is 1. The second-order valence-electron chi connectivity index (χ2n) is 6.62. The van der Waals surface area contributed by atoms with E-state index in [0.717, 1.165) is 6.42 Å². The van der Waals surface area contributed by atoms with Crippen molar-refractivity contribution in [3.05, 3.63) is 34.9 Å². The number of hydrogen-bond donors (Lipinski definition) is 0. The van der Waals surface area contributed by atoms with E-state index in [4.69, 9.17) is 16.3 Å². The molecule has 1 aromatic rings. The van der Waals surface area contributed by atoms with Crippen molar-refractivity contribution in [1.29, 1.82) is 0 Å². The summed E-state index contributed by atoms with van der Waals surface area (Å²) in [6.07, 6.45) is 0.403. The Balaban J connectivity index is 1.98. The van der Waals surface area contributed by atoms with Crippen LogP contribution in [0, 0.1) is 0 Å². The van der Waals surface area contributed by atoms with E-state index in [1.807, 2.05) is 20.8 Å². The molecular weight excluding hydrogens is 316 g/mol. The highest BCUT2D eigenvalue weighted by Crippen LogP contribution is 2.16. The van der Waals surface area contributed by atoms with E-state index >= 15 is 0 Å². The quantitative estimate of drug-likeness (QED) is 0.788. The molecule has 23 heavy (non-hydrogen) atoms. The van der Waals surface area contributed by atoms with Gasteiger partial charge in [0.1, 0.15) is 5.60 Å². The molecule has 126 valence electrons. The summed E-state index contributed by atoms with van der Waals surface area (Å²) >= 11 is 5.95. The first-order valence-corrected chi connectivity index (χ1v) is 8.17. The third kappa shape index (κ3) is 5.13. The van der Waals surface area contributed by atoms with Crippen LogP contribution in [0.25, 0.3) is 0 Å². The van der Waals surface area contributed by atoms with Gasteiger partial charge in [-0.25, -0.2) is 4.79 Å². The molecule has 1 aromatic carbocycles. The normalized spacial score (nSPS) is 16.0. The summed E-state index contributed by atoms with van der Waals surface area (Å²) in [5, 5.41) is 0.543. The number of halogens is 1. The van der Waals surface area contributed by atoms with Crippen LogP contribution in [0.15, 0.2) is 24.3 Å². The lowest BCUT2D eigenvalue weighted by molar-refractivity contribution is 0.0255. The zero-order valence-electron chi connectivity index (χ0n) is 13.8. The van der Waals surface area contributed by atoms with E-state index in [1.165, 1.54) is 0 Å². The SMILES string of the molecule is CC(C)(C)OC(=O)N1CCCN(C(=O)c2cccc(Cl)c2)CC1. The smallest absolute Gasteiger partial charge is 0.410 e. The number of nitrogens with zero attached hydrogens (tertiary/aromatic N) is 2. The van der Waals surface area contributed by atoms with Crippen LogP contribution in [0.5, 0.6) is 0 Å². The van der Waals surface area contributed by atoms with Gasteiger partial charge in [-0.2, -0.15) is 0 Å². The van der Waals surface area contributed by atoms with Crippen LogP contribution in [0.3, 0.4) is 0 Å². The number of carbonyl (C=O) groups is 2. The Morgan fingerprint density at radius 2 is 1.74 bits per heavy atom. The van der Waals surface area contributed by atoms with Crippen molar-refractivity contribution in [1.82, 2.24) is 9.80 Å². The lowest BCUT2D eigenvalue weighted by Crippen LogP contribution is -2.40. The van der Waals surface area contributed by atoms with Crippen LogP contribution in [-0.4, -0.2) is 53.6 Å². The van der Waals surface area contributed by atoms with Crippen LogP contribution in [0.1, 0.15) is 37.6 Å². The van der Waals surface area contributed by atoms with E-state index in [-0.39, 0.29) is 12.0 Å². The van der Waals surface area contributed by atoms with Gasteiger partial charge in [0.2, 0.25) is 0 Å². The van der Waals surface area contributed by atoms with Gasteiger partial charge >= 0.3 is 6.09 Å². The van der Waals surface area contributed by atoms with Crippen molar-refractivity contribution < 1.29 is 14.3 Å². The Morgan fingerprint density at radius 3 is 2.39 bits per heavy atom. The van der Waals surface area contributed by atoms with Crippen LogP contribution in [0.2, 0.25) is 5.02 Å². The molecule has 5 nitrogen and oxygen atoms in total. The van der Waals surface area contributed by atoms with Gasteiger partial charge in [-0.15, -0.1) is 0 Å². The highest BCUT2D eigenvalue weighted by Gasteiger charge is 2.26. The third-order valence-corrected chi connectivity index (χ3v) is 3.74. The average Bonchev–Trinajstić information content (AvgIpc) is 2.70. The molecule has 1 fully saturated rings. The first-order chi connectivity index (χ1) is 10.8. The summed E-state index contributed by atoms with van der Waals surface area (Å²) in [6.45, 7) is 7.71. The Hall–Kier alpha value is -1.75. The molecule has 0 spiro atoms. The molecule has 0 aromatic heterocycles. The molecule has 0 radical (unpaired) electrons. The molecule has 0 N–H and O–H groups in total. The standard InChI is InChI=1S/C17H23ClN2O3/c1-17(2,3)23-16(22)20-9-5-8-19(10-11-20)15(21)13-6-4-7-14(18)12-13/h4,6-7,12H,5,8-11H2,1-3H3. The monoisotopic (exact) mass is 338 g/mol. The summed E-state index contributed by atoms with van der Waals surface area (Å²) in [5.41, 5.74) is 0.0582. The predicted molar refractivity (Wildman–Crippen MR) is 89.8 cm³/mol. The van der Waals surface area contributed by atoms with Gasteiger partial charge in [0.15, 0.2) is 0 Å². The minimum atomic E-state index is -0.514. The van der Waals surface area contributed by atoms with Gasteiger partial charge in [-0.1, -0.05) is 17.7 Å². The fraction of sp³-hybridized carbons (Fsp3) is 0.529. The summed E-state index contributed by atoms with van der Waals surface area (Å²) in [5.74, 6) is -0.0569. The Morgan fingerprint density at radius 1 is 1.09 bits per heavy atom. The van der Waals surface area contributed by atoms with Gasteiger partial charge in [0.25, 0.3) is 5.91 Å². The average molecular weight is 339 g/mol. The first kappa shape index (κ1) is 17.6. The van der Waals surface area contributed by atoms with Crippen molar-refractivity contribution >= 4 is 23.6 Å². The maximum Gasteiger partial charge on any atom is 0.410 e. The summed E-state index contributed by atoms with van der Waals surface area (Å²) in [7, 11) is 0. The van der Waals surface area contributed by atoms with Crippen molar-refractivity contribution in [2.45, 2.75) is 32.8 Å². The topological polar surface area (TPSA) is 49.9 Å². The molecule has 1 heterocycles. The summed E-state index contributed by atoms with van der Waals surface area (Å²) < 4.78 is 5.39. The second kappa shape index (κ2) is 7.21. The fourth-order valence-corrected chi connectivity index (χ4v) is 2.62. The Bertz CT molecular complexity index is 583. The molecule has 2 amide bonds. The Kier molecular flexibility index (Phi) is 5.52. The molecule has 0 atom stereocenters. The van der Waals surface area contributed by atoms with Gasteiger partial charge in [-0.05, 0) is 45.4 Å². The molecular formula is C17H23ClN2O3. The van der Waals surface area contributed by atoms with Gasteiger partial charge in [0, 0.05) is 36.8 Å². The van der Waals surface area contributed by atoms with Gasteiger partial charge in [-0.3, -0.25) is 4.79 Å². The number of rotatable bonds is 1. The zero-order chi connectivity index (χ0) is 17.0. The van der Waals surface area contributed by atoms with Crippen LogP contribution < -0.4 is 0 Å². The molecule has 1 aliphatic rings. The largest absolute Gasteiger partial charge is 0.444 e. The zero-order valence-corrected chi connectivity index (χ0v) is 14.6. The minimum absolute atomic E-state index is 0.0569. The van der Waals surface area contributed by atoms with Crippen LogP contribution in [0.4, 0.5) is 4.79 Å². The van der Waals surface area contributed by atoms with E-state index in [9.17, 15) is 9.59 Å². The van der Waals surface area contributed by atoms with Crippen molar-refractivity contribution in [2.75, 3.05) is 26.2 Å². The maximum atomic E-state index is 12.5. The van der Waals surface area contributed by atoms with E-state index in [0.29, 0.717) is 36.8 Å². The lowest BCUT2D eigenvalue weighted by Gasteiger charge is -2.26. The minimum Gasteiger partial charge on any atom is -0.444 e. The number of amides is 2. The lowest BCUT2D eigenvalue weighted by atomic mass is 10.2. The first-order valence-electron chi connectivity index (χ1n) is 7.79. The highest BCUT2D eigenvalue weighted by atomic mass is 35.5. The Labute approximate surface area is 142 Å². The van der Waals surface area contributed by atoms with Gasteiger partial charge < -0.3 is 14.5 Å². The highest BCUT2D eigenvalue weighted by molar-refractivity contribution is 6.30. The number of hydrogen-bond acceptors (Lipinski definition) is 3. The van der Waals surface area contributed by atoms with E-state index in [1.54, 1.807) is 34.1 Å². The fourth-order valence-electron chi connectivity index (χ4n) is 2.43. The molecule has 0 aliphatic carbocycles. The third-order valence-electron chi connectivity index (χ3n) is 3.51. The van der Waals surface area contributed by atoms with Crippen molar-refractivity contribution in [3.8, 4) is 0 Å². The van der Waals surface area contributed by atoms with E-state index < -0.39 is 5.60 Å². The molecule has 1 saturated heterocycles. The molecule has 0 bridgehead atoms. The van der Waals surface area contributed by atoms with E-state index in [2.05, 4.69) is 0 Å². The maximum absolute atomic E-state index is 12.5. The molecule has 1 aliphatic heterocycles. The second-order valence-corrected chi connectivity index (χ2v) is 7.06. The summed E-state index contributed by atoms with van der Waals surface area (Å²) in [6, 6.07) is 6.93. The molecule has 2 rings (SSSR count). The number of carbonyl (C=O) groups excluding carboxylic acids is 2. The van der Waals surface area contributed by atoms with Crippen molar-refractivity contribution in [3.63, 3.8) is 0 Å². The van der Waals surface area contributed by atoms with Crippen LogP contribution in [-0.2, 0) is 4.74 Å². The number of benzene rings is 1. The summed E-state index contributed by atoms with van der Waals surface area (Å²) in [4.78, 5) is 28.1. The van der Waals surface area contributed by atoms with Crippen LogP contribution >= 0.6 is 11.6 Å². The molecule has 0 saturated carbocycles. The molecule has 6 heteroatoms.